The molecule has 10 heteroatoms. The first kappa shape index (κ1) is 21.6. The number of nitrogens with zero attached hydrogens (tertiary/aromatic N) is 1. The second-order valence-corrected chi connectivity index (χ2v) is 7.41. The predicted octanol–water partition coefficient (Wildman–Crippen LogP) is 2.61. The van der Waals surface area contributed by atoms with Gasteiger partial charge in [-0.25, -0.2) is 9.59 Å². The minimum atomic E-state index is -1.18. The average molecular weight is 437 g/mol. The van der Waals surface area contributed by atoms with Crippen molar-refractivity contribution in [1.29, 1.82) is 0 Å². The fourth-order valence-corrected chi connectivity index (χ4v) is 3.88. The van der Waals surface area contributed by atoms with Gasteiger partial charge < -0.3 is 14.6 Å². The van der Waals surface area contributed by atoms with Gasteiger partial charge in [-0.3, -0.25) is 19.8 Å². The van der Waals surface area contributed by atoms with Gasteiger partial charge in [0, 0.05) is 6.04 Å². The van der Waals surface area contributed by atoms with Crippen molar-refractivity contribution in [3.8, 4) is 11.5 Å². The van der Waals surface area contributed by atoms with Crippen LogP contribution >= 0.6 is 11.6 Å². The lowest BCUT2D eigenvalue weighted by Crippen LogP contribution is -2.58. The van der Waals surface area contributed by atoms with Crippen LogP contribution in [0.15, 0.2) is 17.7 Å². The molecule has 1 aliphatic heterocycles. The Morgan fingerprint density at radius 1 is 1.27 bits per heavy atom. The topological polar surface area (TPSA) is 122 Å². The van der Waals surface area contributed by atoms with E-state index < -0.39 is 30.4 Å². The highest BCUT2D eigenvalue weighted by Gasteiger charge is 2.40. The fourth-order valence-electron chi connectivity index (χ4n) is 3.61. The quantitative estimate of drug-likeness (QED) is 0.519. The second kappa shape index (κ2) is 9.17. The molecule has 0 atom stereocenters. The normalized spacial score (nSPS) is 19.1. The minimum Gasteiger partial charge on any atom is -0.493 e. The van der Waals surface area contributed by atoms with Crippen LogP contribution < -0.4 is 14.8 Å². The van der Waals surface area contributed by atoms with Crippen LogP contribution in [-0.2, 0) is 14.4 Å². The maximum Gasteiger partial charge on any atom is 0.341 e. The largest absolute Gasteiger partial charge is 0.493 e. The van der Waals surface area contributed by atoms with Gasteiger partial charge in [0.1, 0.15) is 5.57 Å². The van der Waals surface area contributed by atoms with Crippen molar-refractivity contribution >= 4 is 41.5 Å². The molecular formula is C20H21ClN2O7. The third-order valence-corrected chi connectivity index (χ3v) is 5.26. The Balaban J connectivity index is 1.93. The molecule has 0 bridgehead atoms. The molecule has 1 aromatic rings. The van der Waals surface area contributed by atoms with Crippen molar-refractivity contribution in [3.05, 3.63) is 28.3 Å². The summed E-state index contributed by atoms with van der Waals surface area (Å²) in [6, 6.07) is 1.92. The standard InChI is InChI=1S/C20H21ClN2O7/c1-29-15-9-11(8-14(21)17(15)30-10-16(24)25)7-13-18(26)22-20(28)23(19(13)27)12-5-3-2-4-6-12/h7-9,12H,2-6,10H2,1H3,(H,24,25)(H,22,26,28)/b13-7-. The average Bonchev–Trinajstić information content (AvgIpc) is 2.70. The number of imide groups is 2. The molecule has 1 aliphatic carbocycles. The molecule has 1 heterocycles. The van der Waals surface area contributed by atoms with Gasteiger partial charge in [0.25, 0.3) is 11.8 Å². The summed E-state index contributed by atoms with van der Waals surface area (Å²) in [5.74, 6) is -2.46. The number of urea groups is 1. The van der Waals surface area contributed by atoms with E-state index in [1.165, 1.54) is 25.3 Å². The van der Waals surface area contributed by atoms with Gasteiger partial charge in [-0.15, -0.1) is 0 Å². The Kier molecular flexibility index (Phi) is 6.61. The summed E-state index contributed by atoms with van der Waals surface area (Å²) in [4.78, 5) is 49.4. The van der Waals surface area contributed by atoms with Crippen LogP contribution in [0.3, 0.4) is 0 Å². The van der Waals surface area contributed by atoms with Gasteiger partial charge in [-0.1, -0.05) is 30.9 Å². The zero-order valence-electron chi connectivity index (χ0n) is 16.3. The molecule has 1 saturated heterocycles. The SMILES string of the molecule is COc1cc(/C=C2/C(=O)NC(=O)N(C3CCCCC3)C2=O)cc(Cl)c1OCC(=O)O. The summed E-state index contributed by atoms with van der Waals surface area (Å²) < 4.78 is 10.3. The number of amides is 4. The Bertz CT molecular complexity index is 922. The zero-order valence-corrected chi connectivity index (χ0v) is 17.0. The van der Waals surface area contributed by atoms with Gasteiger partial charge in [0.2, 0.25) is 0 Å². The van der Waals surface area contributed by atoms with Gasteiger partial charge >= 0.3 is 12.0 Å². The number of ether oxygens (including phenoxy) is 2. The van der Waals surface area contributed by atoms with Crippen molar-refractivity contribution in [2.75, 3.05) is 13.7 Å². The Morgan fingerprint density at radius 3 is 2.60 bits per heavy atom. The highest BCUT2D eigenvalue weighted by molar-refractivity contribution is 6.33. The first-order chi connectivity index (χ1) is 14.3. The van der Waals surface area contributed by atoms with Crippen LogP contribution in [0.1, 0.15) is 37.7 Å². The lowest BCUT2D eigenvalue weighted by Gasteiger charge is -2.35. The molecule has 0 radical (unpaired) electrons. The van der Waals surface area contributed by atoms with Gasteiger partial charge in [0.15, 0.2) is 18.1 Å². The Labute approximate surface area is 177 Å². The zero-order chi connectivity index (χ0) is 21.8. The fraction of sp³-hybridized carbons (Fsp3) is 0.400. The summed E-state index contributed by atoms with van der Waals surface area (Å²) >= 11 is 6.18. The summed E-state index contributed by atoms with van der Waals surface area (Å²) in [7, 11) is 1.35. The summed E-state index contributed by atoms with van der Waals surface area (Å²) in [5, 5.41) is 11.0. The third-order valence-electron chi connectivity index (χ3n) is 4.98. The van der Waals surface area contributed by atoms with Crippen LogP contribution in [0.5, 0.6) is 11.5 Å². The van der Waals surface area contributed by atoms with E-state index in [1.54, 1.807) is 0 Å². The highest BCUT2D eigenvalue weighted by atomic mass is 35.5. The molecule has 4 amide bonds. The minimum absolute atomic E-state index is 0.0298. The highest BCUT2D eigenvalue weighted by Crippen LogP contribution is 2.37. The van der Waals surface area contributed by atoms with Crippen LogP contribution in [0.25, 0.3) is 6.08 Å². The molecule has 9 nitrogen and oxygen atoms in total. The molecule has 3 rings (SSSR count). The lowest BCUT2D eigenvalue weighted by molar-refractivity contribution is -0.139. The van der Waals surface area contributed by atoms with Crippen LogP contribution in [0.4, 0.5) is 4.79 Å². The maximum atomic E-state index is 13.0. The molecule has 0 aromatic heterocycles. The van der Waals surface area contributed by atoms with Crippen molar-refractivity contribution in [3.63, 3.8) is 0 Å². The number of benzene rings is 1. The number of barbiturate groups is 1. The molecule has 2 N–H and O–H groups in total. The molecule has 2 fully saturated rings. The van der Waals surface area contributed by atoms with Crippen LogP contribution in [-0.4, -0.2) is 53.6 Å². The first-order valence-electron chi connectivity index (χ1n) is 9.44. The van der Waals surface area contributed by atoms with Crippen molar-refractivity contribution in [1.82, 2.24) is 10.2 Å². The monoisotopic (exact) mass is 436 g/mol. The number of aliphatic carboxylic acids is 1. The van der Waals surface area contributed by atoms with E-state index in [4.69, 9.17) is 26.2 Å². The van der Waals surface area contributed by atoms with E-state index in [0.717, 1.165) is 24.2 Å². The number of hydrogen-bond acceptors (Lipinski definition) is 6. The number of carboxylic acid groups (broad SMARTS) is 1. The third kappa shape index (κ3) is 4.56. The van der Waals surface area contributed by atoms with Gasteiger partial charge in [0.05, 0.1) is 12.1 Å². The number of hydrogen-bond donors (Lipinski definition) is 2. The molecule has 30 heavy (non-hydrogen) atoms. The lowest BCUT2D eigenvalue weighted by atomic mass is 9.93. The van der Waals surface area contributed by atoms with E-state index in [9.17, 15) is 19.2 Å². The van der Waals surface area contributed by atoms with Crippen molar-refractivity contribution < 1.29 is 33.8 Å². The number of nitrogens with one attached hydrogen (secondary N) is 1. The van der Waals surface area contributed by atoms with E-state index in [2.05, 4.69) is 5.32 Å². The van der Waals surface area contributed by atoms with Crippen LogP contribution in [0.2, 0.25) is 5.02 Å². The molecule has 1 aromatic carbocycles. The first-order valence-corrected chi connectivity index (χ1v) is 9.82. The number of rotatable bonds is 6. The molecular weight excluding hydrogens is 416 g/mol. The summed E-state index contributed by atoms with van der Waals surface area (Å²) in [6.07, 6.45) is 5.61. The summed E-state index contributed by atoms with van der Waals surface area (Å²) in [5.41, 5.74) is 0.161. The predicted molar refractivity (Wildman–Crippen MR) is 106 cm³/mol. The number of halogens is 1. The maximum absolute atomic E-state index is 13.0. The van der Waals surface area contributed by atoms with E-state index in [0.29, 0.717) is 18.4 Å². The summed E-state index contributed by atoms with van der Waals surface area (Å²) in [6.45, 7) is -0.615. The smallest absolute Gasteiger partial charge is 0.341 e. The van der Waals surface area contributed by atoms with Crippen molar-refractivity contribution in [2.24, 2.45) is 0 Å². The van der Waals surface area contributed by atoms with Crippen LogP contribution in [0, 0.1) is 0 Å². The number of methoxy groups -OCH3 is 1. The van der Waals surface area contributed by atoms with Gasteiger partial charge in [-0.2, -0.15) is 0 Å². The Hall–Kier alpha value is -3.07. The Morgan fingerprint density at radius 2 is 1.97 bits per heavy atom. The molecule has 1 saturated carbocycles. The molecule has 0 unspecified atom stereocenters. The number of carbonyl (C=O) groups is 4. The molecule has 160 valence electrons. The molecule has 2 aliphatic rings. The van der Waals surface area contributed by atoms with Crippen molar-refractivity contribution in [2.45, 2.75) is 38.1 Å². The van der Waals surface area contributed by atoms with E-state index in [-0.39, 0.29) is 28.1 Å². The van der Waals surface area contributed by atoms with Gasteiger partial charge in [-0.05, 0) is 36.6 Å². The number of carboxylic acids is 1. The number of carbonyl (C=O) groups excluding carboxylic acids is 3. The van der Waals surface area contributed by atoms with E-state index >= 15 is 0 Å². The van der Waals surface area contributed by atoms with E-state index in [1.807, 2.05) is 0 Å². The second-order valence-electron chi connectivity index (χ2n) is 7.00. The molecule has 0 spiro atoms.